The van der Waals surface area contributed by atoms with E-state index < -0.39 is 6.09 Å². The molecule has 0 bridgehead atoms. The van der Waals surface area contributed by atoms with Crippen LogP contribution < -0.4 is 10.6 Å². The zero-order valence-corrected chi connectivity index (χ0v) is 12.3. The lowest BCUT2D eigenvalue weighted by molar-refractivity contribution is -0.119. The summed E-state index contributed by atoms with van der Waals surface area (Å²) >= 11 is 0. The molecule has 2 N–H and O–H groups in total. The summed E-state index contributed by atoms with van der Waals surface area (Å²) in [4.78, 5) is 22.9. The van der Waals surface area contributed by atoms with Gasteiger partial charge in [-0.25, -0.2) is 4.79 Å². The summed E-state index contributed by atoms with van der Waals surface area (Å²) in [7, 11) is 0. The van der Waals surface area contributed by atoms with Crippen molar-refractivity contribution in [1.82, 2.24) is 10.6 Å². The molecule has 0 spiro atoms. The third kappa shape index (κ3) is 5.45. The predicted molar refractivity (Wildman–Crippen MR) is 79.6 cm³/mol. The molecule has 5 heteroatoms. The summed E-state index contributed by atoms with van der Waals surface area (Å²) in [5.74, 6) is -0.0210. The minimum Gasteiger partial charge on any atom is -0.445 e. The van der Waals surface area contributed by atoms with Crippen LogP contribution in [0.5, 0.6) is 0 Å². The van der Waals surface area contributed by atoms with Crippen LogP contribution in [0.25, 0.3) is 0 Å². The van der Waals surface area contributed by atoms with Gasteiger partial charge in [0.2, 0.25) is 5.91 Å². The quantitative estimate of drug-likeness (QED) is 0.894. The molecule has 2 rings (SSSR count). The summed E-state index contributed by atoms with van der Waals surface area (Å²) in [6, 6.07) is 9.80. The average Bonchev–Trinajstić information content (AvgIpc) is 2.46. The monoisotopic (exact) mass is 290 g/mol. The van der Waals surface area contributed by atoms with Gasteiger partial charge in [-0.15, -0.1) is 0 Å². The van der Waals surface area contributed by atoms with Crippen LogP contribution >= 0.6 is 0 Å². The third-order valence-electron chi connectivity index (χ3n) is 3.62. The molecular formula is C16H22N2O3. The van der Waals surface area contributed by atoms with Crippen molar-refractivity contribution in [2.75, 3.05) is 0 Å². The van der Waals surface area contributed by atoms with Crippen molar-refractivity contribution in [3.8, 4) is 0 Å². The molecular weight excluding hydrogens is 268 g/mol. The van der Waals surface area contributed by atoms with Crippen molar-refractivity contribution in [2.24, 2.45) is 0 Å². The lowest BCUT2D eigenvalue weighted by Gasteiger charge is -2.29. The van der Waals surface area contributed by atoms with Crippen molar-refractivity contribution in [1.29, 1.82) is 0 Å². The fourth-order valence-electron chi connectivity index (χ4n) is 2.67. The number of alkyl carbamates (subject to hydrolysis) is 1. The first kappa shape index (κ1) is 15.4. The third-order valence-corrected chi connectivity index (χ3v) is 3.62. The SMILES string of the molecule is CC(=O)N[C@H]1CCC[C@@H](NC(=O)OCc2ccccc2)C1. The van der Waals surface area contributed by atoms with Crippen LogP contribution in [-0.2, 0) is 16.1 Å². The maximum atomic E-state index is 11.8. The van der Waals surface area contributed by atoms with E-state index in [-0.39, 0.29) is 24.6 Å². The van der Waals surface area contributed by atoms with Crippen molar-refractivity contribution in [3.63, 3.8) is 0 Å². The number of rotatable bonds is 4. The van der Waals surface area contributed by atoms with E-state index in [0.717, 1.165) is 31.2 Å². The van der Waals surface area contributed by atoms with Gasteiger partial charge in [-0.2, -0.15) is 0 Å². The normalized spacial score (nSPS) is 21.4. The molecule has 21 heavy (non-hydrogen) atoms. The summed E-state index contributed by atoms with van der Waals surface area (Å²) < 4.78 is 5.21. The van der Waals surface area contributed by atoms with Gasteiger partial charge < -0.3 is 15.4 Å². The van der Waals surface area contributed by atoms with Gasteiger partial charge in [-0.05, 0) is 31.2 Å². The summed E-state index contributed by atoms with van der Waals surface area (Å²) in [5.41, 5.74) is 0.965. The highest BCUT2D eigenvalue weighted by atomic mass is 16.5. The number of hydrogen-bond acceptors (Lipinski definition) is 3. The highest BCUT2D eigenvalue weighted by molar-refractivity contribution is 5.73. The number of amides is 2. The Hall–Kier alpha value is -2.04. The fraction of sp³-hybridized carbons (Fsp3) is 0.500. The van der Waals surface area contributed by atoms with E-state index in [1.54, 1.807) is 0 Å². The number of ether oxygens (including phenoxy) is 1. The zero-order chi connectivity index (χ0) is 15.1. The highest BCUT2D eigenvalue weighted by Crippen LogP contribution is 2.18. The predicted octanol–water partition coefficient (Wildman–Crippen LogP) is 2.36. The molecule has 0 aliphatic heterocycles. The molecule has 1 aliphatic rings. The topological polar surface area (TPSA) is 67.4 Å². The molecule has 0 unspecified atom stereocenters. The van der Waals surface area contributed by atoms with Crippen LogP contribution in [0.3, 0.4) is 0 Å². The van der Waals surface area contributed by atoms with Gasteiger partial charge in [0.25, 0.3) is 0 Å². The van der Waals surface area contributed by atoms with Gasteiger partial charge in [0.05, 0.1) is 0 Å². The molecule has 1 aromatic rings. The van der Waals surface area contributed by atoms with Crippen molar-refractivity contribution in [3.05, 3.63) is 35.9 Å². The molecule has 1 saturated carbocycles. The molecule has 0 saturated heterocycles. The van der Waals surface area contributed by atoms with Crippen LogP contribution in [-0.4, -0.2) is 24.1 Å². The van der Waals surface area contributed by atoms with E-state index in [9.17, 15) is 9.59 Å². The van der Waals surface area contributed by atoms with Gasteiger partial charge >= 0.3 is 6.09 Å². The maximum absolute atomic E-state index is 11.8. The van der Waals surface area contributed by atoms with Crippen molar-refractivity contribution >= 4 is 12.0 Å². The molecule has 2 atom stereocenters. The van der Waals surface area contributed by atoms with E-state index >= 15 is 0 Å². The van der Waals surface area contributed by atoms with E-state index in [0.29, 0.717) is 0 Å². The molecule has 2 amide bonds. The molecule has 1 fully saturated rings. The lowest BCUT2D eigenvalue weighted by atomic mass is 9.91. The number of carbonyl (C=O) groups is 2. The zero-order valence-electron chi connectivity index (χ0n) is 12.3. The Morgan fingerprint density at radius 1 is 1.14 bits per heavy atom. The van der Waals surface area contributed by atoms with E-state index in [4.69, 9.17) is 4.74 Å². The van der Waals surface area contributed by atoms with Gasteiger partial charge in [-0.3, -0.25) is 4.79 Å². The number of benzene rings is 1. The second-order valence-corrected chi connectivity index (χ2v) is 5.47. The minimum absolute atomic E-state index is 0.0210. The minimum atomic E-state index is -0.396. The smallest absolute Gasteiger partial charge is 0.407 e. The number of carbonyl (C=O) groups excluding carboxylic acids is 2. The maximum Gasteiger partial charge on any atom is 0.407 e. The number of hydrogen-bond donors (Lipinski definition) is 2. The lowest BCUT2D eigenvalue weighted by Crippen LogP contribution is -2.45. The van der Waals surface area contributed by atoms with E-state index in [1.165, 1.54) is 6.92 Å². The second kappa shape index (κ2) is 7.67. The Labute approximate surface area is 125 Å². The number of nitrogens with one attached hydrogen (secondary N) is 2. The summed E-state index contributed by atoms with van der Waals surface area (Å²) in [5, 5.41) is 5.79. The first-order valence-electron chi connectivity index (χ1n) is 7.38. The van der Waals surface area contributed by atoms with Crippen LogP contribution in [0.15, 0.2) is 30.3 Å². The molecule has 1 aliphatic carbocycles. The molecule has 114 valence electrons. The summed E-state index contributed by atoms with van der Waals surface area (Å²) in [6.07, 6.45) is 3.26. The Bertz CT molecular complexity index is 476. The molecule has 0 aromatic heterocycles. The second-order valence-electron chi connectivity index (χ2n) is 5.47. The standard InChI is InChI=1S/C16H22N2O3/c1-12(19)17-14-8-5-9-15(10-14)18-16(20)21-11-13-6-3-2-4-7-13/h2-4,6-7,14-15H,5,8-11H2,1H3,(H,17,19)(H,18,20)/t14-,15+/m0/s1. The highest BCUT2D eigenvalue weighted by Gasteiger charge is 2.24. The molecule has 0 radical (unpaired) electrons. The Morgan fingerprint density at radius 2 is 1.81 bits per heavy atom. The van der Waals surface area contributed by atoms with Gasteiger partial charge in [-0.1, -0.05) is 30.3 Å². The largest absolute Gasteiger partial charge is 0.445 e. The Balaban J connectivity index is 1.73. The van der Waals surface area contributed by atoms with Crippen LogP contribution in [0.4, 0.5) is 4.79 Å². The first-order valence-corrected chi connectivity index (χ1v) is 7.38. The van der Waals surface area contributed by atoms with Crippen molar-refractivity contribution < 1.29 is 14.3 Å². The Morgan fingerprint density at radius 3 is 2.48 bits per heavy atom. The molecule has 0 heterocycles. The fourth-order valence-corrected chi connectivity index (χ4v) is 2.67. The first-order chi connectivity index (χ1) is 10.1. The van der Waals surface area contributed by atoms with Crippen LogP contribution in [0, 0.1) is 0 Å². The van der Waals surface area contributed by atoms with Gasteiger partial charge in [0, 0.05) is 19.0 Å². The summed E-state index contributed by atoms with van der Waals surface area (Å²) in [6.45, 7) is 1.79. The molecule has 5 nitrogen and oxygen atoms in total. The van der Waals surface area contributed by atoms with Crippen LogP contribution in [0.2, 0.25) is 0 Å². The van der Waals surface area contributed by atoms with Gasteiger partial charge in [0.15, 0.2) is 0 Å². The Kier molecular flexibility index (Phi) is 5.60. The van der Waals surface area contributed by atoms with E-state index in [1.807, 2.05) is 30.3 Å². The van der Waals surface area contributed by atoms with Gasteiger partial charge in [0.1, 0.15) is 6.61 Å². The average molecular weight is 290 g/mol. The van der Waals surface area contributed by atoms with Crippen LogP contribution in [0.1, 0.15) is 38.2 Å². The van der Waals surface area contributed by atoms with E-state index in [2.05, 4.69) is 10.6 Å². The van der Waals surface area contributed by atoms with Crippen molar-refractivity contribution in [2.45, 2.75) is 51.3 Å². The molecule has 1 aromatic carbocycles.